The van der Waals surface area contributed by atoms with Crippen LogP contribution in [0.25, 0.3) is 0 Å². The van der Waals surface area contributed by atoms with Crippen LogP contribution in [0, 0.1) is 0 Å². The molecular formula is C19H23BN2O5. The van der Waals surface area contributed by atoms with Crippen molar-refractivity contribution in [1.29, 1.82) is 0 Å². The number of piperidine rings is 1. The Bertz CT molecular complexity index is 819. The maximum Gasteiger partial charge on any atom is 0.494 e. The number of carbonyl (C=O) groups excluding carboxylic acids is 3. The molecule has 8 heteroatoms. The summed E-state index contributed by atoms with van der Waals surface area (Å²) in [5, 5.41) is 2.27. The van der Waals surface area contributed by atoms with Crippen molar-refractivity contribution in [3.63, 3.8) is 0 Å². The van der Waals surface area contributed by atoms with E-state index < -0.39 is 18.3 Å². The first kappa shape index (κ1) is 18.2. The van der Waals surface area contributed by atoms with E-state index in [1.807, 2.05) is 39.8 Å². The van der Waals surface area contributed by atoms with Crippen LogP contribution < -0.4 is 5.46 Å². The van der Waals surface area contributed by atoms with Gasteiger partial charge in [0.1, 0.15) is 0 Å². The summed E-state index contributed by atoms with van der Waals surface area (Å²) < 4.78 is 12.1. The van der Waals surface area contributed by atoms with Crippen molar-refractivity contribution in [3.8, 4) is 0 Å². The van der Waals surface area contributed by atoms with Crippen molar-refractivity contribution >= 4 is 30.3 Å². The maximum atomic E-state index is 12.7. The largest absolute Gasteiger partial charge is 0.494 e. The van der Waals surface area contributed by atoms with Crippen LogP contribution in [0.5, 0.6) is 0 Å². The molecule has 0 spiro atoms. The number of amides is 3. The minimum absolute atomic E-state index is 0.193. The molecule has 0 aromatic heterocycles. The van der Waals surface area contributed by atoms with E-state index in [0.29, 0.717) is 12.0 Å². The summed E-state index contributed by atoms with van der Waals surface area (Å²) >= 11 is 0. The number of fused-ring (bicyclic) bond motifs is 1. The fourth-order valence-corrected chi connectivity index (χ4v) is 3.62. The van der Waals surface area contributed by atoms with E-state index in [9.17, 15) is 14.4 Å². The zero-order valence-corrected chi connectivity index (χ0v) is 16.1. The Labute approximate surface area is 158 Å². The van der Waals surface area contributed by atoms with Crippen molar-refractivity contribution < 1.29 is 23.7 Å². The average molecular weight is 370 g/mol. The highest BCUT2D eigenvalue weighted by Gasteiger charge is 2.52. The molecule has 3 amide bonds. The number of rotatable bonds is 2. The summed E-state index contributed by atoms with van der Waals surface area (Å²) in [6.45, 7) is 8.13. The van der Waals surface area contributed by atoms with E-state index in [2.05, 4.69) is 0 Å². The van der Waals surface area contributed by atoms with Crippen LogP contribution in [0.15, 0.2) is 18.2 Å². The first-order valence-electron chi connectivity index (χ1n) is 9.27. The fraction of sp³-hybridized carbons (Fsp3) is 0.526. The van der Waals surface area contributed by atoms with Crippen LogP contribution in [0.4, 0.5) is 0 Å². The highest BCUT2D eigenvalue weighted by molar-refractivity contribution is 6.62. The molecule has 2 fully saturated rings. The topological polar surface area (TPSA) is 76.2 Å². The molecule has 0 aliphatic carbocycles. The van der Waals surface area contributed by atoms with Crippen LogP contribution >= 0.6 is 0 Å². The SMILES string of the molecule is CC1(C)OB(c2ccc3c(c2)CN(N2C(=O)CCCC2=O)C3=O)OC1(C)C. The molecule has 1 aromatic rings. The van der Waals surface area contributed by atoms with Crippen LogP contribution in [-0.2, 0) is 25.4 Å². The molecule has 7 nitrogen and oxygen atoms in total. The van der Waals surface area contributed by atoms with Crippen molar-refractivity contribution in [2.75, 3.05) is 0 Å². The number of hydrogen-bond acceptors (Lipinski definition) is 5. The molecule has 0 atom stereocenters. The monoisotopic (exact) mass is 370 g/mol. The normalized spacial score (nSPS) is 24.0. The number of hydrogen-bond donors (Lipinski definition) is 0. The predicted octanol–water partition coefficient (Wildman–Crippen LogP) is 1.40. The van der Waals surface area contributed by atoms with Gasteiger partial charge in [0.15, 0.2) is 0 Å². The molecule has 0 unspecified atom stereocenters. The second-order valence-corrected chi connectivity index (χ2v) is 8.32. The average Bonchev–Trinajstić information content (AvgIpc) is 3.00. The molecule has 2 saturated heterocycles. The maximum absolute atomic E-state index is 12.7. The summed E-state index contributed by atoms with van der Waals surface area (Å²) in [4.78, 5) is 37.1. The minimum atomic E-state index is -0.525. The van der Waals surface area contributed by atoms with Crippen molar-refractivity contribution in [3.05, 3.63) is 29.3 Å². The standard InChI is InChI=1S/C19H23BN2O5/c1-18(2)19(3,4)27-20(26-18)13-8-9-14-12(10-13)11-21(17(14)25)22-15(23)6-5-7-16(22)24/h8-10H,5-7,11H2,1-4H3. The first-order chi connectivity index (χ1) is 12.6. The lowest BCUT2D eigenvalue weighted by Gasteiger charge is -2.32. The summed E-state index contributed by atoms with van der Waals surface area (Å²) in [5.74, 6) is -0.966. The zero-order valence-electron chi connectivity index (χ0n) is 16.1. The quantitative estimate of drug-likeness (QED) is 0.581. The van der Waals surface area contributed by atoms with Crippen LogP contribution in [0.3, 0.4) is 0 Å². The Morgan fingerprint density at radius 1 is 0.963 bits per heavy atom. The van der Waals surface area contributed by atoms with E-state index in [-0.39, 0.29) is 37.1 Å². The van der Waals surface area contributed by atoms with Gasteiger partial charge in [-0.25, -0.2) is 5.01 Å². The van der Waals surface area contributed by atoms with Gasteiger partial charge in [0.25, 0.3) is 5.91 Å². The molecule has 3 aliphatic rings. The van der Waals surface area contributed by atoms with E-state index in [0.717, 1.165) is 16.0 Å². The summed E-state index contributed by atoms with van der Waals surface area (Å²) in [6.07, 6.45) is 1.10. The molecule has 0 N–H and O–H groups in total. The smallest absolute Gasteiger partial charge is 0.399 e. The number of nitrogens with zero attached hydrogens (tertiary/aromatic N) is 2. The van der Waals surface area contributed by atoms with Gasteiger partial charge < -0.3 is 9.31 Å². The Morgan fingerprint density at radius 2 is 1.56 bits per heavy atom. The van der Waals surface area contributed by atoms with Gasteiger partial charge >= 0.3 is 7.12 Å². The summed E-state index contributed by atoms with van der Waals surface area (Å²) in [5.41, 5.74) is 1.18. The van der Waals surface area contributed by atoms with E-state index in [1.54, 1.807) is 6.07 Å². The van der Waals surface area contributed by atoms with Crippen molar-refractivity contribution in [2.45, 2.75) is 64.7 Å². The number of hydrazine groups is 1. The molecular weight excluding hydrogens is 347 g/mol. The molecule has 3 aliphatic heterocycles. The van der Waals surface area contributed by atoms with Crippen LogP contribution in [-0.4, -0.2) is 46.1 Å². The van der Waals surface area contributed by atoms with Gasteiger partial charge in [-0.05, 0) is 51.2 Å². The Hall–Kier alpha value is -2.19. The van der Waals surface area contributed by atoms with Gasteiger partial charge in [0, 0.05) is 18.4 Å². The summed E-state index contributed by atoms with van der Waals surface area (Å²) in [7, 11) is -0.525. The summed E-state index contributed by atoms with van der Waals surface area (Å²) in [6, 6.07) is 5.40. The van der Waals surface area contributed by atoms with Gasteiger partial charge in [-0.15, -0.1) is 0 Å². The zero-order chi connectivity index (χ0) is 19.6. The molecule has 142 valence electrons. The molecule has 27 heavy (non-hydrogen) atoms. The fourth-order valence-electron chi connectivity index (χ4n) is 3.62. The predicted molar refractivity (Wildman–Crippen MR) is 97.7 cm³/mol. The molecule has 0 bridgehead atoms. The van der Waals surface area contributed by atoms with E-state index in [4.69, 9.17) is 9.31 Å². The van der Waals surface area contributed by atoms with Crippen LogP contribution in [0.1, 0.15) is 62.9 Å². The lowest BCUT2D eigenvalue weighted by Crippen LogP contribution is -2.51. The van der Waals surface area contributed by atoms with Gasteiger partial charge in [-0.3, -0.25) is 14.4 Å². The minimum Gasteiger partial charge on any atom is -0.399 e. The van der Waals surface area contributed by atoms with E-state index in [1.165, 1.54) is 5.01 Å². The first-order valence-corrected chi connectivity index (χ1v) is 9.27. The second kappa shape index (κ2) is 5.91. The molecule has 4 rings (SSSR count). The third-order valence-electron chi connectivity index (χ3n) is 5.93. The second-order valence-electron chi connectivity index (χ2n) is 8.32. The number of carbonyl (C=O) groups is 3. The van der Waals surface area contributed by atoms with Gasteiger partial charge in [-0.1, -0.05) is 12.1 Å². The third-order valence-corrected chi connectivity index (χ3v) is 5.93. The Kier molecular flexibility index (Phi) is 3.98. The number of imide groups is 1. The highest BCUT2D eigenvalue weighted by Crippen LogP contribution is 2.37. The lowest BCUT2D eigenvalue weighted by atomic mass is 9.78. The Morgan fingerprint density at radius 3 is 2.15 bits per heavy atom. The third kappa shape index (κ3) is 2.78. The van der Waals surface area contributed by atoms with Gasteiger partial charge in [0.2, 0.25) is 11.8 Å². The van der Waals surface area contributed by atoms with Gasteiger partial charge in [0.05, 0.1) is 17.7 Å². The van der Waals surface area contributed by atoms with Crippen molar-refractivity contribution in [2.24, 2.45) is 0 Å². The lowest BCUT2D eigenvalue weighted by molar-refractivity contribution is -0.163. The molecule has 1 aromatic carbocycles. The molecule has 0 saturated carbocycles. The van der Waals surface area contributed by atoms with Crippen LogP contribution in [0.2, 0.25) is 0 Å². The van der Waals surface area contributed by atoms with Gasteiger partial charge in [-0.2, -0.15) is 5.01 Å². The Balaban J connectivity index is 1.60. The molecule has 0 radical (unpaired) electrons. The number of benzene rings is 1. The highest BCUT2D eigenvalue weighted by atomic mass is 16.7. The van der Waals surface area contributed by atoms with Crippen molar-refractivity contribution in [1.82, 2.24) is 10.0 Å². The molecule has 3 heterocycles. The van der Waals surface area contributed by atoms with E-state index >= 15 is 0 Å².